The molecular formula is C21H18FN3O2S. The molecule has 4 rings (SSSR count). The van der Waals surface area contributed by atoms with Gasteiger partial charge in [0, 0.05) is 29.6 Å². The number of thiazole rings is 1. The number of aryl methyl sites for hydroxylation is 1. The Kier molecular flexibility index (Phi) is 4.92. The van der Waals surface area contributed by atoms with Crippen LogP contribution in [0.3, 0.4) is 0 Å². The van der Waals surface area contributed by atoms with Gasteiger partial charge in [-0.1, -0.05) is 24.3 Å². The molecule has 2 amide bonds. The summed E-state index contributed by atoms with van der Waals surface area (Å²) in [6.45, 7) is 2.16. The molecule has 28 heavy (non-hydrogen) atoms. The Balaban J connectivity index is 1.52. The topological polar surface area (TPSA) is 62.3 Å². The van der Waals surface area contributed by atoms with Gasteiger partial charge >= 0.3 is 0 Å². The molecule has 0 spiro atoms. The normalized spacial score (nSPS) is 16.4. The summed E-state index contributed by atoms with van der Waals surface area (Å²) in [7, 11) is 0. The molecule has 142 valence electrons. The van der Waals surface area contributed by atoms with Gasteiger partial charge in [-0.15, -0.1) is 11.3 Å². The van der Waals surface area contributed by atoms with Crippen molar-refractivity contribution in [2.24, 2.45) is 5.92 Å². The van der Waals surface area contributed by atoms with Crippen molar-refractivity contribution in [1.82, 2.24) is 4.98 Å². The van der Waals surface area contributed by atoms with Crippen LogP contribution in [0.4, 0.5) is 15.8 Å². The molecule has 0 aliphatic carbocycles. The number of hydrogen-bond donors (Lipinski definition) is 1. The number of nitrogens with zero attached hydrogens (tertiary/aromatic N) is 2. The van der Waals surface area contributed by atoms with Crippen molar-refractivity contribution in [3.8, 4) is 11.3 Å². The fraction of sp³-hybridized carbons (Fsp3) is 0.190. The van der Waals surface area contributed by atoms with Crippen LogP contribution in [0.25, 0.3) is 11.3 Å². The molecule has 1 fully saturated rings. The summed E-state index contributed by atoms with van der Waals surface area (Å²) >= 11 is 1.55. The smallest absolute Gasteiger partial charge is 0.229 e. The van der Waals surface area contributed by atoms with Crippen molar-refractivity contribution >= 4 is 34.5 Å². The second-order valence-corrected chi connectivity index (χ2v) is 7.73. The lowest BCUT2D eigenvalue weighted by atomic mass is 10.1. The van der Waals surface area contributed by atoms with Crippen LogP contribution >= 0.6 is 11.3 Å². The highest BCUT2D eigenvalue weighted by Crippen LogP contribution is 2.31. The number of nitrogens with one attached hydrogen (secondary N) is 1. The van der Waals surface area contributed by atoms with Crippen LogP contribution < -0.4 is 10.2 Å². The summed E-state index contributed by atoms with van der Waals surface area (Å²) in [6.07, 6.45) is 0.0975. The van der Waals surface area contributed by atoms with Crippen molar-refractivity contribution in [3.63, 3.8) is 0 Å². The molecule has 0 saturated carbocycles. The van der Waals surface area contributed by atoms with Crippen molar-refractivity contribution in [2.45, 2.75) is 13.3 Å². The maximum Gasteiger partial charge on any atom is 0.229 e. The van der Waals surface area contributed by atoms with Gasteiger partial charge in [0.2, 0.25) is 11.8 Å². The summed E-state index contributed by atoms with van der Waals surface area (Å²) < 4.78 is 13.5. The molecule has 0 bridgehead atoms. The zero-order chi connectivity index (χ0) is 19.7. The molecule has 1 aliphatic rings. The second-order valence-electron chi connectivity index (χ2n) is 6.67. The lowest BCUT2D eigenvalue weighted by Gasteiger charge is -2.17. The average Bonchev–Trinajstić information content (AvgIpc) is 3.28. The minimum atomic E-state index is -0.499. The first-order valence-electron chi connectivity index (χ1n) is 8.89. The molecule has 0 radical (unpaired) electrons. The van der Waals surface area contributed by atoms with Crippen LogP contribution in [-0.2, 0) is 9.59 Å². The summed E-state index contributed by atoms with van der Waals surface area (Å²) in [5.41, 5.74) is 2.78. The number of benzene rings is 2. The Morgan fingerprint density at radius 2 is 2.07 bits per heavy atom. The number of halogens is 1. The van der Waals surface area contributed by atoms with Gasteiger partial charge in [-0.25, -0.2) is 9.37 Å². The average molecular weight is 395 g/mol. The predicted molar refractivity (Wildman–Crippen MR) is 108 cm³/mol. The second kappa shape index (κ2) is 7.52. The number of aromatic nitrogens is 1. The van der Waals surface area contributed by atoms with Crippen LogP contribution in [-0.4, -0.2) is 23.3 Å². The molecule has 1 unspecified atom stereocenters. The maximum absolute atomic E-state index is 13.5. The maximum atomic E-state index is 13.5. The van der Waals surface area contributed by atoms with E-state index in [1.54, 1.807) is 23.5 Å². The van der Waals surface area contributed by atoms with E-state index in [1.165, 1.54) is 17.0 Å². The molecule has 1 aromatic heterocycles. The molecule has 5 nitrogen and oxygen atoms in total. The van der Waals surface area contributed by atoms with E-state index in [2.05, 4.69) is 10.3 Å². The number of hydrogen-bond acceptors (Lipinski definition) is 4. The van der Waals surface area contributed by atoms with Gasteiger partial charge < -0.3 is 10.2 Å². The van der Waals surface area contributed by atoms with Gasteiger partial charge in [-0.2, -0.15) is 0 Å². The molecule has 1 saturated heterocycles. The third-order valence-corrected chi connectivity index (χ3v) is 5.47. The molecular weight excluding hydrogens is 377 g/mol. The zero-order valence-corrected chi connectivity index (χ0v) is 16.0. The molecule has 1 N–H and O–H groups in total. The minimum Gasteiger partial charge on any atom is -0.325 e. The number of carbonyl (C=O) groups excluding carboxylic acids is 2. The number of rotatable bonds is 4. The summed E-state index contributed by atoms with van der Waals surface area (Å²) in [5.74, 6) is -1.33. The molecule has 1 atom stereocenters. The Morgan fingerprint density at radius 3 is 2.82 bits per heavy atom. The summed E-state index contributed by atoms with van der Waals surface area (Å²) in [6, 6.07) is 13.3. The third kappa shape index (κ3) is 3.66. The highest BCUT2D eigenvalue weighted by atomic mass is 32.1. The van der Waals surface area contributed by atoms with E-state index in [0.717, 1.165) is 16.3 Å². The Bertz CT molecular complexity index is 1050. The zero-order valence-electron chi connectivity index (χ0n) is 15.2. The monoisotopic (exact) mass is 395 g/mol. The Hall–Kier alpha value is -3.06. The first-order valence-corrected chi connectivity index (χ1v) is 9.77. The predicted octanol–water partition coefficient (Wildman–Crippen LogP) is 4.25. The van der Waals surface area contributed by atoms with Gasteiger partial charge in [-0.05, 0) is 31.2 Å². The van der Waals surface area contributed by atoms with Crippen LogP contribution in [0.5, 0.6) is 0 Å². The van der Waals surface area contributed by atoms with Crippen LogP contribution in [0.2, 0.25) is 0 Å². The van der Waals surface area contributed by atoms with E-state index < -0.39 is 11.7 Å². The number of para-hydroxylation sites is 1. The fourth-order valence-corrected chi connectivity index (χ4v) is 3.93. The third-order valence-electron chi connectivity index (χ3n) is 4.70. The minimum absolute atomic E-state index is 0.0975. The number of amides is 2. The highest BCUT2D eigenvalue weighted by molar-refractivity contribution is 7.09. The number of anilines is 2. The molecule has 3 aromatic rings. The summed E-state index contributed by atoms with van der Waals surface area (Å²) in [4.78, 5) is 31.1. The van der Waals surface area contributed by atoms with Gasteiger partial charge in [0.15, 0.2) is 0 Å². The first-order chi connectivity index (χ1) is 13.5. The van der Waals surface area contributed by atoms with E-state index in [-0.39, 0.29) is 24.8 Å². The molecule has 2 aromatic carbocycles. The van der Waals surface area contributed by atoms with Crippen LogP contribution in [0, 0.1) is 18.7 Å². The van der Waals surface area contributed by atoms with Gasteiger partial charge in [0.05, 0.1) is 22.3 Å². The van der Waals surface area contributed by atoms with E-state index in [9.17, 15) is 14.0 Å². The van der Waals surface area contributed by atoms with Gasteiger partial charge in [0.25, 0.3) is 0 Å². The van der Waals surface area contributed by atoms with Crippen LogP contribution in [0.15, 0.2) is 53.9 Å². The lowest BCUT2D eigenvalue weighted by molar-refractivity contribution is -0.122. The van der Waals surface area contributed by atoms with Gasteiger partial charge in [-0.3, -0.25) is 9.59 Å². The molecule has 1 aliphatic heterocycles. The number of carbonyl (C=O) groups is 2. The standard InChI is InChI=1S/C21H18FN3O2S/c1-13-23-19(12-28-13)17-7-2-3-8-18(17)24-21(27)14-9-20(26)25(11-14)16-6-4-5-15(22)10-16/h2-8,10,12,14H,9,11H2,1H3,(H,24,27). The van der Waals surface area contributed by atoms with E-state index in [1.807, 2.05) is 36.6 Å². The Labute approximate surface area is 165 Å². The van der Waals surface area contributed by atoms with E-state index >= 15 is 0 Å². The fourth-order valence-electron chi connectivity index (χ4n) is 3.31. The SMILES string of the molecule is Cc1nc(-c2ccccc2NC(=O)C2CC(=O)N(c3cccc(F)c3)C2)cs1. The largest absolute Gasteiger partial charge is 0.325 e. The lowest BCUT2D eigenvalue weighted by Crippen LogP contribution is -2.28. The Morgan fingerprint density at radius 1 is 1.25 bits per heavy atom. The van der Waals surface area contributed by atoms with Crippen molar-refractivity contribution in [1.29, 1.82) is 0 Å². The highest BCUT2D eigenvalue weighted by Gasteiger charge is 2.35. The molecule has 2 heterocycles. The first kappa shape index (κ1) is 18.3. The summed E-state index contributed by atoms with van der Waals surface area (Å²) in [5, 5.41) is 5.83. The van der Waals surface area contributed by atoms with Crippen molar-refractivity contribution in [3.05, 3.63) is 64.7 Å². The van der Waals surface area contributed by atoms with Gasteiger partial charge in [0.1, 0.15) is 5.82 Å². The molecule has 7 heteroatoms. The van der Waals surface area contributed by atoms with E-state index in [0.29, 0.717) is 11.4 Å². The quantitative estimate of drug-likeness (QED) is 0.718. The van der Waals surface area contributed by atoms with Crippen molar-refractivity contribution < 1.29 is 14.0 Å². The van der Waals surface area contributed by atoms with E-state index in [4.69, 9.17) is 0 Å². The van der Waals surface area contributed by atoms with Crippen molar-refractivity contribution in [2.75, 3.05) is 16.8 Å². The van der Waals surface area contributed by atoms with Crippen LogP contribution in [0.1, 0.15) is 11.4 Å².